The fraction of sp³-hybridized carbons (Fsp3) is 0.364. The highest BCUT2D eigenvalue weighted by Gasteiger charge is 2.08. The van der Waals surface area contributed by atoms with E-state index in [2.05, 4.69) is 45.6 Å². The summed E-state index contributed by atoms with van der Waals surface area (Å²) < 4.78 is 5.55. The first-order valence-electron chi connectivity index (χ1n) is 9.48. The van der Waals surface area contributed by atoms with Crippen molar-refractivity contribution in [1.29, 1.82) is 0 Å². The largest absolute Gasteiger partial charge is 0.484 e. The zero-order chi connectivity index (χ0) is 20.4. The lowest BCUT2D eigenvalue weighted by atomic mass is 10.1. The number of aliphatic imine (C=N–C) groups is 1. The second-order valence-corrected chi connectivity index (χ2v) is 6.57. The Morgan fingerprint density at radius 1 is 1.14 bits per heavy atom. The predicted octanol–water partition coefficient (Wildman–Crippen LogP) is 3.34. The van der Waals surface area contributed by atoms with Gasteiger partial charge in [0.1, 0.15) is 5.75 Å². The van der Waals surface area contributed by atoms with Crippen molar-refractivity contribution in [1.82, 2.24) is 15.5 Å². The van der Waals surface area contributed by atoms with E-state index in [9.17, 15) is 4.79 Å². The van der Waals surface area contributed by atoms with Crippen LogP contribution in [-0.4, -0.2) is 44.0 Å². The SMILES string of the molecule is CCNC(=O)COc1cccc(CNC(=NC)N(C)Cc2ccccc2C)c1.I. The molecule has 0 heterocycles. The van der Waals surface area contributed by atoms with Gasteiger partial charge < -0.3 is 20.3 Å². The van der Waals surface area contributed by atoms with Crippen molar-refractivity contribution >= 4 is 35.8 Å². The first-order chi connectivity index (χ1) is 13.5. The predicted molar refractivity (Wildman–Crippen MR) is 129 cm³/mol. The number of guanidine groups is 1. The highest BCUT2D eigenvalue weighted by molar-refractivity contribution is 14.0. The van der Waals surface area contributed by atoms with Crippen molar-refractivity contribution in [2.75, 3.05) is 27.2 Å². The summed E-state index contributed by atoms with van der Waals surface area (Å²) in [6.07, 6.45) is 0. The summed E-state index contributed by atoms with van der Waals surface area (Å²) in [4.78, 5) is 18.0. The van der Waals surface area contributed by atoms with Crippen LogP contribution in [0, 0.1) is 6.92 Å². The number of ether oxygens (including phenoxy) is 1. The molecule has 2 aromatic rings. The standard InChI is InChI=1S/C22H30N4O2.HI/c1-5-24-21(27)16-28-20-12-8-10-18(13-20)14-25-22(23-3)26(4)15-19-11-7-6-9-17(19)2;/h6-13H,5,14-16H2,1-4H3,(H,23,25)(H,24,27);1H. The number of carbonyl (C=O) groups is 1. The highest BCUT2D eigenvalue weighted by atomic mass is 127. The van der Waals surface area contributed by atoms with Crippen LogP contribution in [0.2, 0.25) is 0 Å². The van der Waals surface area contributed by atoms with Gasteiger partial charge in [0.25, 0.3) is 5.91 Å². The number of hydrogen-bond acceptors (Lipinski definition) is 3. The van der Waals surface area contributed by atoms with Gasteiger partial charge in [0.2, 0.25) is 0 Å². The Labute approximate surface area is 190 Å². The summed E-state index contributed by atoms with van der Waals surface area (Å²) >= 11 is 0. The first-order valence-corrected chi connectivity index (χ1v) is 9.48. The van der Waals surface area contributed by atoms with Crippen molar-refractivity contribution < 1.29 is 9.53 Å². The number of nitrogens with zero attached hydrogens (tertiary/aromatic N) is 2. The minimum Gasteiger partial charge on any atom is -0.484 e. The zero-order valence-corrected chi connectivity index (χ0v) is 19.9. The normalized spacial score (nSPS) is 10.7. The molecule has 0 saturated carbocycles. The van der Waals surface area contributed by atoms with Crippen molar-refractivity contribution in [2.24, 2.45) is 4.99 Å². The van der Waals surface area contributed by atoms with Gasteiger partial charge in [-0.25, -0.2) is 0 Å². The molecule has 0 radical (unpaired) electrons. The number of nitrogens with one attached hydrogen (secondary N) is 2. The molecule has 0 aromatic heterocycles. The lowest BCUT2D eigenvalue weighted by molar-refractivity contribution is -0.122. The number of hydrogen-bond donors (Lipinski definition) is 2. The molecule has 2 rings (SSSR count). The van der Waals surface area contributed by atoms with Crippen LogP contribution in [0.4, 0.5) is 0 Å². The third kappa shape index (κ3) is 8.31. The third-order valence-corrected chi connectivity index (χ3v) is 4.34. The van der Waals surface area contributed by atoms with Crippen molar-refractivity contribution in [3.05, 3.63) is 65.2 Å². The third-order valence-electron chi connectivity index (χ3n) is 4.34. The van der Waals surface area contributed by atoms with Crippen LogP contribution in [-0.2, 0) is 17.9 Å². The Kier molecular flexibility index (Phi) is 11.1. The molecule has 0 aliphatic carbocycles. The summed E-state index contributed by atoms with van der Waals surface area (Å²) in [5, 5.41) is 6.10. The second kappa shape index (κ2) is 13.0. The van der Waals surface area contributed by atoms with Gasteiger partial charge in [-0.1, -0.05) is 36.4 Å². The average Bonchev–Trinajstić information content (AvgIpc) is 2.69. The number of halogens is 1. The van der Waals surface area contributed by atoms with Crippen molar-refractivity contribution in [3.8, 4) is 5.75 Å². The average molecular weight is 510 g/mol. The molecule has 0 unspecified atom stereocenters. The zero-order valence-electron chi connectivity index (χ0n) is 17.6. The maximum atomic E-state index is 11.5. The fourth-order valence-electron chi connectivity index (χ4n) is 2.83. The van der Waals surface area contributed by atoms with Crippen LogP contribution in [0.15, 0.2) is 53.5 Å². The van der Waals surface area contributed by atoms with Crippen LogP contribution < -0.4 is 15.4 Å². The van der Waals surface area contributed by atoms with Crippen molar-refractivity contribution in [2.45, 2.75) is 26.9 Å². The maximum Gasteiger partial charge on any atom is 0.257 e. The molecule has 2 aromatic carbocycles. The van der Waals surface area contributed by atoms with E-state index in [-0.39, 0.29) is 36.5 Å². The summed E-state index contributed by atoms with van der Waals surface area (Å²) in [5.41, 5.74) is 3.59. The molecule has 0 saturated heterocycles. The minimum atomic E-state index is -0.121. The lowest BCUT2D eigenvalue weighted by Crippen LogP contribution is -2.38. The molecule has 0 atom stereocenters. The molecule has 0 spiro atoms. The van der Waals surface area contributed by atoms with E-state index in [4.69, 9.17) is 4.74 Å². The lowest BCUT2D eigenvalue weighted by Gasteiger charge is -2.23. The number of amides is 1. The number of aryl methyl sites for hydroxylation is 1. The molecule has 158 valence electrons. The summed E-state index contributed by atoms with van der Waals surface area (Å²) in [5.74, 6) is 1.37. The van der Waals surface area contributed by atoms with Crippen LogP contribution in [0.5, 0.6) is 5.75 Å². The topological polar surface area (TPSA) is 66.0 Å². The Morgan fingerprint density at radius 2 is 1.90 bits per heavy atom. The van der Waals surface area contributed by atoms with Crippen LogP contribution in [0.3, 0.4) is 0 Å². The van der Waals surface area contributed by atoms with E-state index in [1.807, 2.05) is 44.3 Å². The van der Waals surface area contributed by atoms with E-state index >= 15 is 0 Å². The molecular weight excluding hydrogens is 479 g/mol. The fourth-order valence-corrected chi connectivity index (χ4v) is 2.83. The summed E-state index contributed by atoms with van der Waals surface area (Å²) in [6.45, 7) is 6.01. The number of likely N-dealkylation sites (N-methyl/N-ethyl adjacent to an activating group) is 1. The first kappa shape index (κ1) is 24.7. The maximum absolute atomic E-state index is 11.5. The molecule has 0 fully saturated rings. The Hall–Kier alpha value is -2.29. The van der Waals surface area contributed by atoms with Crippen LogP contribution >= 0.6 is 24.0 Å². The van der Waals surface area contributed by atoms with E-state index in [1.54, 1.807) is 7.05 Å². The molecular formula is C22H31IN4O2. The van der Waals surface area contributed by atoms with Gasteiger partial charge in [0, 0.05) is 33.7 Å². The van der Waals surface area contributed by atoms with Crippen LogP contribution in [0.1, 0.15) is 23.6 Å². The Bertz CT molecular complexity index is 811. The molecule has 0 bridgehead atoms. The Balaban J connectivity index is 0.00000420. The second-order valence-electron chi connectivity index (χ2n) is 6.57. The molecule has 29 heavy (non-hydrogen) atoms. The van der Waals surface area contributed by atoms with Gasteiger partial charge in [-0.15, -0.1) is 24.0 Å². The number of rotatable bonds is 8. The minimum absolute atomic E-state index is 0. The molecule has 0 aliphatic heterocycles. The van der Waals surface area contributed by atoms with E-state index in [1.165, 1.54) is 11.1 Å². The summed E-state index contributed by atoms with van der Waals surface area (Å²) in [6, 6.07) is 16.1. The van der Waals surface area contributed by atoms with E-state index in [0.29, 0.717) is 18.8 Å². The monoisotopic (exact) mass is 510 g/mol. The molecule has 2 N–H and O–H groups in total. The quantitative estimate of drug-likeness (QED) is 0.325. The molecule has 7 heteroatoms. The van der Waals surface area contributed by atoms with Gasteiger partial charge >= 0.3 is 0 Å². The Morgan fingerprint density at radius 3 is 2.59 bits per heavy atom. The van der Waals surface area contributed by atoms with Gasteiger partial charge in [-0.2, -0.15) is 0 Å². The smallest absolute Gasteiger partial charge is 0.257 e. The number of carbonyl (C=O) groups excluding carboxylic acids is 1. The van der Waals surface area contributed by atoms with Gasteiger partial charge in [-0.05, 0) is 42.7 Å². The number of benzene rings is 2. The van der Waals surface area contributed by atoms with Gasteiger partial charge in [0.05, 0.1) is 0 Å². The van der Waals surface area contributed by atoms with E-state index < -0.39 is 0 Å². The molecule has 1 amide bonds. The highest BCUT2D eigenvalue weighted by Crippen LogP contribution is 2.14. The molecule has 0 aliphatic rings. The van der Waals surface area contributed by atoms with Crippen LogP contribution in [0.25, 0.3) is 0 Å². The van der Waals surface area contributed by atoms with E-state index in [0.717, 1.165) is 18.1 Å². The van der Waals surface area contributed by atoms with Crippen molar-refractivity contribution in [3.63, 3.8) is 0 Å². The molecule has 6 nitrogen and oxygen atoms in total. The summed E-state index contributed by atoms with van der Waals surface area (Å²) in [7, 11) is 3.80. The van der Waals surface area contributed by atoms with Gasteiger partial charge in [0.15, 0.2) is 12.6 Å². The van der Waals surface area contributed by atoms with Gasteiger partial charge in [-0.3, -0.25) is 9.79 Å².